The molecule has 27 heavy (non-hydrogen) atoms. The Morgan fingerprint density at radius 1 is 0.815 bits per heavy atom. The number of benzene rings is 3. The average molecular weight is 355 g/mol. The molecule has 0 aromatic heterocycles. The Bertz CT molecular complexity index is 974. The lowest BCUT2D eigenvalue weighted by Crippen LogP contribution is -2.13. The van der Waals surface area contributed by atoms with Gasteiger partial charge in [-0.3, -0.25) is 4.79 Å². The molecule has 4 nitrogen and oxygen atoms in total. The Kier molecular flexibility index (Phi) is 5.70. The Balaban J connectivity index is 1.76. The molecule has 3 aromatic carbocycles. The SMILES string of the molecule is NC(=O)/C(=C\c1ccc(N/C=C/c2ccccc2)cc1)c1ccccc1N. The topological polar surface area (TPSA) is 81.1 Å². The van der Waals surface area contributed by atoms with Crippen LogP contribution in [0.25, 0.3) is 17.7 Å². The highest BCUT2D eigenvalue weighted by molar-refractivity contribution is 6.24. The molecule has 3 rings (SSSR count). The molecular formula is C23H21N3O. The first kappa shape index (κ1) is 18.0. The Morgan fingerprint density at radius 3 is 2.15 bits per heavy atom. The molecule has 0 unspecified atom stereocenters. The summed E-state index contributed by atoms with van der Waals surface area (Å²) in [7, 11) is 0. The van der Waals surface area contributed by atoms with Crippen molar-refractivity contribution in [1.82, 2.24) is 0 Å². The monoisotopic (exact) mass is 355 g/mol. The Morgan fingerprint density at radius 2 is 1.48 bits per heavy atom. The number of carbonyl (C=O) groups excluding carboxylic acids is 1. The molecule has 0 heterocycles. The van der Waals surface area contributed by atoms with Gasteiger partial charge in [0, 0.05) is 28.7 Å². The van der Waals surface area contributed by atoms with Gasteiger partial charge in [0.1, 0.15) is 0 Å². The van der Waals surface area contributed by atoms with Crippen molar-refractivity contribution in [2.75, 3.05) is 11.1 Å². The molecule has 0 aliphatic carbocycles. The van der Waals surface area contributed by atoms with E-state index in [0.29, 0.717) is 16.8 Å². The van der Waals surface area contributed by atoms with Crippen LogP contribution in [0.2, 0.25) is 0 Å². The summed E-state index contributed by atoms with van der Waals surface area (Å²) in [4.78, 5) is 11.9. The molecule has 0 saturated carbocycles. The molecule has 0 fully saturated rings. The van der Waals surface area contributed by atoms with Gasteiger partial charge < -0.3 is 16.8 Å². The second-order valence-corrected chi connectivity index (χ2v) is 6.02. The van der Waals surface area contributed by atoms with E-state index in [0.717, 1.165) is 16.8 Å². The van der Waals surface area contributed by atoms with Gasteiger partial charge >= 0.3 is 0 Å². The van der Waals surface area contributed by atoms with Gasteiger partial charge in [-0.2, -0.15) is 0 Å². The van der Waals surface area contributed by atoms with E-state index in [1.807, 2.05) is 79.0 Å². The molecule has 3 aromatic rings. The van der Waals surface area contributed by atoms with Gasteiger partial charge in [-0.1, -0.05) is 60.7 Å². The standard InChI is InChI=1S/C23H21N3O/c24-22-9-5-4-8-20(22)21(23(25)27)16-18-10-12-19(13-11-18)26-15-14-17-6-2-1-3-7-17/h1-16,26H,24H2,(H2,25,27)/b15-14+,21-16-. The lowest BCUT2D eigenvalue weighted by molar-refractivity contribution is -0.112. The zero-order valence-corrected chi connectivity index (χ0v) is 14.8. The third kappa shape index (κ3) is 4.86. The molecule has 0 aliphatic rings. The minimum Gasteiger partial charge on any atom is -0.398 e. The molecule has 4 heteroatoms. The van der Waals surface area contributed by atoms with Crippen LogP contribution >= 0.6 is 0 Å². The largest absolute Gasteiger partial charge is 0.398 e. The molecule has 0 radical (unpaired) electrons. The fraction of sp³-hybridized carbons (Fsp3) is 0. The number of amides is 1. The summed E-state index contributed by atoms with van der Waals surface area (Å²) in [5.41, 5.74) is 16.0. The van der Waals surface area contributed by atoms with Crippen molar-refractivity contribution < 1.29 is 4.79 Å². The Hall–Kier alpha value is -3.79. The van der Waals surface area contributed by atoms with Gasteiger partial charge in [-0.25, -0.2) is 0 Å². The predicted molar refractivity (Wildman–Crippen MR) is 113 cm³/mol. The number of rotatable bonds is 6. The fourth-order valence-corrected chi connectivity index (χ4v) is 2.66. The molecule has 5 N–H and O–H groups in total. The third-order valence-corrected chi connectivity index (χ3v) is 4.06. The highest BCUT2D eigenvalue weighted by Gasteiger charge is 2.11. The van der Waals surface area contributed by atoms with E-state index < -0.39 is 5.91 Å². The number of para-hydroxylation sites is 1. The van der Waals surface area contributed by atoms with E-state index in [4.69, 9.17) is 11.5 Å². The van der Waals surface area contributed by atoms with Gasteiger partial charge in [-0.05, 0) is 41.5 Å². The number of primary amides is 1. The van der Waals surface area contributed by atoms with Crippen LogP contribution in [-0.2, 0) is 4.79 Å². The number of hydrogen-bond acceptors (Lipinski definition) is 3. The van der Waals surface area contributed by atoms with Crippen LogP contribution in [0.5, 0.6) is 0 Å². The highest BCUT2D eigenvalue weighted by Crippen LogP contribution is 2.24. The van der Waals surface area contributed by atoms with Crippen LogP contribution in [0.1, 0.15) is 16.7 Å². The molecule has 134 valence electrons. The van der Waals surface area contributed by atoms with Crippen molar-refractivity contribution >= 4 is 35.0 Å². The van der Waals surface area contributed by atoms with Crippen molar-refractivity contribution in [2.45, 2.75) is 0 Å². The summed E-state index contributed by atoms with van der Waals surface area (Å²) in [5, 5.41) is 3.22. The minimum atomic E-state index is -0.513. The summed E-state index contributed by atoms with van der Waals surface area (Å²) in [6.07, 6.45) is 5.63. The maximum atomic E-state index is 11.9. The van der Waals surface area contributed by atoms with Crippen LogP contribution < -0.4 is 16.8 Å². The maximum Gasteiger partial charge on any atom is 0.249 e. The summed E-state index contributed by atoms with van der Waals surface area (Å²) in [6, 6.07) is 24.9. The van der Waals surface area contributed by atoms with Gasteiger partial charge in [-0.15, -0.1) is 0 Å². The highest BCUT2D eigenvalue weighted by atomic mass is 16.1. The number of nitrogens with one attached hydrogen (secondary N) is 1. The zero-order valence-electron chi connectivity index (χ0n) is 14.8. The lowest BCUT2D eigenvalue weighted by atomic mass is 10.0. The number of anilines is 2. The smallest absolute Gasteiger partial charge is 0.249 e. The van der Waals surface area contributed by atoms with Crippen molar-refractivity contribution in [2.24, 2.45) is 5.73 Å². The molecule has 0 bridgehead atoms. The first-order valence-electron chi connectivity index (χ1n) is 8.58. The van der Waals surface area contributed by atoms with Crippen LogP contribution in [-0.4, -0.2) is 5.91 Å². The lowest BCUT2D eigenvalue weighted by Gasteiger charge is -2.08. The molecule has 0 atom stereocenters. The molecule has 0 aliphatic heterocycles. The van der Waals surface area contributed by atoms with Crippen molar-refractivity contribution in [3.63, 3.8) is 0 Å². The second-order valence-electron chi connectivity index (χ2n) is 6.02. The summed E-state index contributed by atoms with van der Waals surface area (Å²) in [6.45, 7) is 0. The van der Waals surface area contributed by atoms with Crippen LogP contribution in [0, 0.1) is 0 Å². The van der Waals surface area contributed by atoms with E-state index in [2.05, 4.69) is 5.32 Å². The van der Waals surface area contributed by atoms with E-state index in [9.17, 15) is 4.79 Å². The van der Waals surface area contributed by atoms with Gasteiger partial charge in [0.15, 0.2) is 0 Å². The maximum absolute atomic E-state index is 11.9. The number of carbonyl (C=O) groups is 1. The van der Waals surface area contributed by atoms with Crippen molar-refractivity contribution in [3.05, 3.63) is 102 Å². The van der Waals surface area contributed by atoms with Gasteiger partial charge in [0.05, 0.1) is 0 Å². The summed E-state index contributed by atoms with van der Waals surface area (Å²) in [5.74, 6) is -0.513. The molecule has 0 spiro atoms. The van der Waals surface area contributed by atoms with Gasteiger partial charge in [0.2, 0.25) is 5.91 Å². The van der Waals surface area contributed by atoms with Crippen molar-refractivity contribution in [3.8, 4) is 0 Å². The normalized spacial score (nSPS) is 11.5. The molecule has 0 saturated heterocycles. The quantitative estimate of drug-likeness (QED) is 0.349. The Labute approximate surface area is 158 Å². The van der Waals surface area contributed by atoms with Crippen LogP contribution in [0.15, 0.2) is 85.1 Å². The average Bonchev–Trinajstić information content (AvgIpc) is 2.69. The molecule has 1 amide bonds. The number of hydrogen-bond donors (Lipinski definition) is 3. The van der Waals surface area contributed by atoms with Crippen molar-refractivity contribution in [1.29, 1.82) is 0 Å². The number of nitrogens with two attached hydrogens (primary N) is 2. The third-order valence-electron chi connectivity index (χ3n) is 4.06. The minimum absolute atomic E-state index is 0.387. The van der Waals surface area contributed by atoms with E-state index in [1.165, 1.54) is 0 Å². The molecular weight excluding hydrogens is 334 g/mol. The second kappa shape index (κ2) is 8.54. The van der Waals surface area contributed by atoms with Crippen LogP contribution in [0.3, 0.4) is 0 Å². The van der Waals surface area contributed by atoms with E-state index in [1.54, 1.807) is 18.2 Å². The fourth-order valence-electron chi connectivity index (χ4n) is 2.66. The first-order valence-corrected chi connectivity index (χ1v) is 8.58. The zero-order chi connectivity index (χ0) is 19.1. The van der Waals surface area contributed by atoms with Crippen LogP contribution in [0.4, 0.5) is 11.4 Å². The summed E-state index contributed by atoms with van der Waals surface area (Å²) >= 11 is 0. The predicted octanol–water partition coefficient (Wildman–Crippen LogP) is 4.38. The van der Waals surface area contributed by atoms with E-state index >= 15 is 0 Å². The summed E-state index contributed by atoms with van der Waals surface area (Å²) < 4.78 is 0. The van der Waals surface area contributed by atoms with E-state index in [-0.39, 0.29) is 0 Å². The first-order chi connectivity index (χ1) is 13.1. The van der Waals surface area contributed by atoms with Gasteiger partial charge in [0.25, 0.3) is 0 Å². The number of nitrogen functional groups attached to an aromatic ring is 1.